The van der Waals surface area contributed by atoms with Crippen LogP contribution in [0.25, 0.3) is 0 Å². The third-order valence-electron chi connectivity index (χ3n) is 6.31. The lowest BCUT2D eigenvalue weighted by molar-refractivity contribution is -0.136. The fourth-order valence-electron chi connectivity index (χ4n) is 4.33. The summed E-state index contributed by atoms with van der Waals surface area (Å²) >= 11 is 14.2. The average Bonchev–Trinajstić information content (AvgIpc) is 3.39. The molecule has 1 aliphatic carbocycles. The predicted molar refractivity (Wildman–Crippen MR) is 146 cm³/mol. The highest BCUT2D eigenvalue weighted by Crippen LogP contribution is 2.34. The molecule has 1 aromatic heterocycles. The molecular weight excluding hydrogens is 535 g/mol. The smallest absolute Gasteiger partial charge is 0.407 e. The summed E-state index contributed by atoms with van der Waals surface area (Å²) in [6.07, 6.45) is 3.89. The van der Waals surface area contributed by atoms with Gasteiger partial charge in [0.05, 0.1) is 22.1 Å². The van der Waals surface area contributed by atoms with Crippen molar-refractivity contribution in [2.45, 2.75) is 70.7 Å². The molecule has 2 fully saturated rings. The van der Waals surface area contributed by atoms with Gasteiger partial charge in [0.15, 0.2) is 5.13 Å². The van der Waals surface area contributed by atoms with Gasteiger partial charge >= 0.3 is 6.09 Å². The Morgan fingerprint density at radius 2 is 2.05 bits per heavy atom. The Bertz CT molecular complexity index is 1120. The summed E-state index contributed by atoms with van der Waals surface area (Å²) in [5, 5.41) is 14.4. The van der Waals surface area contributed by atoms with Crippen molar-refractivity contribution in [1.29, 1.82) is 0 Å². The van der Waals surface area contributed by atoms with Gasteiger partial charge in [-0.2, -0.15) is 0 Å². The summed E-state index contributed by atoms with van der Waals surface area (Å²) in [7, 11) is 0. The molecule has 4 rings (SSSR count). The molecule has 1 saturated carbocycles. The van der Waals surface area contributed by atoms with E-state index in [4.69, 9.17) is 27.9 Å². The zero-order valence-corrected chi connectivity index (χ0v) is 23.7. The van der Waals surface area contributed by atoms with E-state index in [0.29, 0.717) is 29.6 Å². The maximum Gasteiger partial charge on any atom is 0.407 e. The molecule has 1 aliphatic heterocycles. The quantitative estimate of drug-likeness (QED) is 0.447. The van der Waals surface area contributed by atoms with Crippen LogP contribution in [0.15, 0.2) is 24.4 Å². The predicted octanol–water partition coefficient (Wildman–Crippen LogP) is 4.90. The van der Waals surface area contributed by atoms with Gasteiger partial charge in [-0.1, -0.05) is 35.3 Å². The lowest BCUT2D eigenvalue weighted by Gasteiger charge is -2.28. The van der Waals surface area contributed by atoms with Crippen molar-refractivity contribution in [3.05, 3.63) is 44.9 Å². The maximum absolute atomic E-state index is 13.9. The van der Waals surface area contributed by atoms with Gasteiger partial charge in [-0.05, 0) is 58.1 Å². The lowest BCUT2D eigenvalue weighted by atomic mass is 10.0. The molecule has 1 aromatic carbocycles. The number of aliphatic hydroxyl groups is 1. The highest BCUT2D eigenvalue weighted by atomic mass is 35.5. The SMILES string of the molecule is CC(C)(C)OC(=O)NC[C@H](Cc1cnc(N2CC[C@H](O)C2)s1)C(=O)N(Cc1cccc(Cl)c1Cl)C1CC1. The van der Waals surface area contributed by atoms with E-state index in [1.807, 2.05) is 17.0 Å². The van der Waals surface area contributed by atoms with Gasteiger partial charge in [0, 0.05) is 43.3 Å². The highest BCUT2D eigenvalue weighted by molar-refractivity contribution is 7.15. The average molecular weight is 570 g/mol. The Morgan fingerprint density at radius 3 is 2.70 bits per heavy atom. The molecule has 0 radical (unpaired) electrons. The number of halogens is 2. The van der Waals surface area contributed by atoms with Crippen LogP contribution in [-0.4, -0.2) is 64.4 Å². The van der Waals surface area contributed by atoms with E-state index in [0.717, 1.165) is 41.4 Å². The molecule has 2 aromatic rings. The largest absolute Gasteiger partial charge is 0.444 e. The van der Waals surface area contributed by atoms with E-state index < -0.39 is 17.6 Å². The summed E-state index contributed by atoms with van der Waals surface area (Å²) < 4.78 is 5.40. The third-order valence-corrected chi connectivity index (χ3v) is 8.25. The first-order chi connectivity index (χ1) is 17.5. The number of aromatic nitrogens is 1. The molecule has 2 heterocycles. The number of carbonyl (C=O) groups excluding carboxylic acids is 2. The first-order valence-corrected chi connectivity index (χ1v) is 14.2. The van der Waals surface area contributed by atoms with Gasteiger partial charge in [-0.3, -0.25) is 4.79 Å². The Kier molecular flexibility index (Phi) is 8.89. The van der Waals surface area contributed by atoms with Crippen LogP contribution in [0.2, 0.25) is 10.0 Å². The molecule has 2 N–H and O–H groups in total. The van der Waals surface area contributed by atoms with E-state index in [2.05, 4.69) is 15.2 Å². The molecule has 2 aliphatic rings. The van der Waals surface area contributed by atoms with Crippen molar-refractivity contribution in [3.63, 3.8) is 0 Å². The molecule has 11 heteroatoms. The van der Waals surface area contributed by atoms with Gasteiger partial charge in [0.2, 0.25) is 5.91 Å². The minimum atomic E-state index is -0.639. The number of β-amino-alcohol motifs (C(OH)–C–C–N with tert-alkyl or cyclic N) is 1. The Morgan fingerprint density at radius 1 is 1.30 bits per heavy atom. The summed E-state index contributed by atoms with van der Waals surface area (Å²) in [6.45, 7) is 7.20. The van der Waals surface area contributed by atoms with E-state index in [1.165, 1.54) is 11.3 Å². The number of nitrogens with one attached hydrogen (secondary N) is 1. The molecule has 8 nitrogen and oxygen atoms in total. The van der Waals surface area contributed by atoms with Crippen LogP contribution < -0.4 is 10.2 Å². The van der Waals surface area contributed by atoms with E-state index in [1.54, 1.807) is 33.0 Å². The fourth-order valence-corrected chi connectivity index (χ4v) is 5.73. The standard InChI is InChI=1S/C26H34Cl2N4O4S/c1-26(2,3)36-25(35)30-12-17(11-20-13-29-24(37-20)31-10-9-19(33)15-31)23(34)32(18-7-8-18)14-16-5-4-6-21(27)22(16)28/h4-6,13,17-19,33H,7-12,14-15H2,1-3H3,(H,30,35)/t17-,19-/m0/s1. The van der Waals surface area contributed by atoms with Gasteiger partial charge < -0.3 is 25.0 Å². The minimum absolute atomic E-state index is 0.0545. The second kappa shape index (κ2) is 11.8. The normalized spacial score (nSPS) is 18.5. The van der Waals surface area contributed by atoms with Crippen molar-refractivity contribution in [1.82, 2.24) is 15.2 Å². The molecule has 1 saturated heterocycles. The molecule has 0 bridgehead atoms. The number of anilines is 1. The van der Waals surface area contributed by atoms with Gasteiger partial charge in [0.1, 0.15) is 5.60 Å². The van der Waals surface area contributed by atoms with Crippen molar-refractivity contribution >= 4 is 51.7 Å². The van der Waals surface area contributed by atoms with Crippen LogP contribution in [-0.2, 0) is 22.5 Å². The molecule has 37 heavy (non-hydrogen) atoms. The molecule has 2 atom stereocenters. The number of ether oxygens (including phenoxy) is 1. The topological polar surface area (TPSA) is 95.0 Å². The summed E-state index contributed by atoms with van der Waals surface area (Å²) in [5.74, 6) is -0.565. The number of aliphatic hydroxyl groups excluding tert-OH is 1. The molecule has 202 valence electrons. The second-order valence-corrected chi connectivity index (χ2v) is 12.6. The number of thiazole rings is 1. The van der Waals surface area contributed by atoms with Crippen molar-refractivity contribution < 1.29 is 19.4 Å². The monoisotopic (exact) mass is 568 g/mol. The van der Waals surface area contributed by atoms with Crippen molar-refractivity contribution in [2.24, 2.45) is 5.92 Å². The first-order valence-electron chi connectivity index (χ1n) is 12.6. The number of carbonyl (C=O) groups is 2. The zero-order valence-electron chi connectivity index (χ0n) is 21.4. The van der Waals surface area contributed by atoms with Crippen molar-refractivity contribution in [2.75, 3.05) is 24.5 Å². The minimum Gasteiger partial charge on any atom is -0.444 e. The number of rotatable bonds is 9. The molecular formula is C26H34Cl2N4O4S. The number of hydrogen-bond acceptors (Lipinski definition) is 7. The van der Waals surface area contributed by atoms with Crippen LogP contribution in [0.5, 0.6) is 0 Å². The van der Waals surface area contributed by atoms with Crippen LogP contribution in [0, 0.1) is 5.92 Å². The summed E-state index contributed by atoms with van der Waals surface area (Å²) in [4.78, 5) is 35.7. The number of nitrogens with zero attached hydrogens (tertiary/aromatic N) is 3. The van der Waals surface area contributed by atoms with Gasteiger partial charge in [-0.25, -0.2) is 9.78 Å². The van der Waals surface area contributed by atoms with Crippen LogP contribution >= 0.6 is 34.5 Å². The van der Waals surface area contributed by atoms with E-state index in [9.17, 15) is 14.7 Å². The number of alkyl carbamates (subject to hydrolysis) is 1. The fraction of sp³-hybridized carbons (Fsp3) is 0.577. The number of hydrogen-bond donors (Lipinski definition) is 2. The molecule has 0 spiro atoms. The van der Waals surface area contributed by atoms with Gasteiger partial charge in [-0.15, -0.1) is 11.3 Å². The third kappa shape index (κ3) is 7.72. The Balaban J connectivity index is 1.52. The van der Waals surface area contributed by atoms with Crippen molar-refractivity contribution in [3.8, 4) is 0 Å². The molecule has 2 amide bonds. The van der Waals surface area contributed by atoms with Crippen LogP contribution in [0.3, 0.4) is 0 Å². The Labute approximate surface area is 231 Å². The van der Waals surface area contributed by atoms with E-state index in [-0.39, 0.29) is 24.6 Å². The first kappa shape index (κ1) is 28.0. The van der Waals surface area contributed by atoms with Crippen LogP contribution in [0.4, 0.5) is 9.93 Å². The number of amides is 2. The highest BCUT2D eigenvalue weighted by Gasteiger charge is 2.37. The lowest BCUT2D eigenvalue weighted by Crippen LogP contribution is -2.44. The summed E-state index contributed by atoms with van der Waals surface area (Å²) in [5.41, 5.74) is 0.153. The summed E-state index contributed by atoms with van der Waals surface area (Å²) in [6, 6.07) is 5.57. The zero-order chi connectivity index (χ0) is 26.7. The Hall–Kier alpha value is -2.07. The van der Waals surface area contributed by atoms with Crippen LogP contribution in [0.1, 0.15) is 50.5 Å². The molecule has 0 unspecified atom stereocenters. The maximum atomic E-state index is 13.9. The van der Waals surface area contributed by atoms with Gasteiger partial charge in [0.25, 0.3) is 0 Å². The van der Waals surface area contributed by atoms with E-state index >= 15 is 0 Å². The second-order valence-electron chi connectivity index (χ2n) is 10.7. The number of benzene rings is 1.